The minimum absolute atomic E-state index is 0.146. The maximum Gasteiger partial charge on any atom is 0.282 e. The largest absolute Gasteiger partial charge is 0.318 e. The molecule has 3 aromatic carbocycles. The van der Waals surface area contributed by atoms with E-state index in [9.17, 15) is 19.7 Å². The number of aryl methyl sites for hydroxylation is 1. The van der Waals surface area contributed by atoms with E-state index in [4.69, 9.17) is 0 Å². The Bertz CT molecular complexity index is 1430. The van der Waals surface area contributed by atoms with Gasteiger partial charge in [-0.3, -0.25) is 19.7 Å². The molecule has 2 heterocycles. The number of hydrogen-bond acceptors (Lipinski definition) is 6. The molecule has 8 nitrogen and oxygen atoms in total. The third-order valence-electron chi connectivity index (χ3n) is 4.96. The fourth-order valence-electron chi connectivity index (χ4n) is 3.58. The van der Waals surface area contributed by atoms with Crippen molar-refractivity contribution in [2.75, 3.05) is 0 Å². The molecule has 142 valence electrons. The zero-order valence-electron chi connectivity index (χ0n) is 15.0. The van der Waals surface area contributed by atoms with Crippen molar-refractivity contribution in [3.8, 4) is 0 Å². The number of benzene rings is 3. The highest BCUT2D eigenvalue weighted by Gasteiger charge is 2.35. The zero-order chi connectivity index (χ0) is 20.3. The minimum Gasteiger partial charge on any atom is -0.318 e. The van der Waals surface area contributed by atoms with Crippen molar-refractivity contribution in [3.05, 3.63) is 80.6 Å². The highest BCUT2D eigenvalue weighted by Crippen LogP contribution is 2.35. The molecule has 0 atom stereocenters. The number of amides is 2. The van der Waals surface area contributed by atoms with E-state index in [0.717, 1.165) is 15.2 Å². The van der Waals surface area contributed by atoms with Gasteiger partial charge in [0.25, 0.3) is 17.5 Å². The molecule has 0 fully saturated rings. The van der Waals surface area contributed by atoms with Crippen molar-refractivity contribution in [2.24, 2.45) is 12.1 Å². The number of para-hydroxylation sites is 1. The molecular weight excluding hydrogens is 392 g/mol. The average molecular weight is 404 g/mol. The Hall–Kier alpha value is -3.85. The van der Waals surface area contributed by atoms with E-state index >= 15 is 0 Å². The lowest BCUT2D eigenvalue weighted by atomic mass is 9.94. The summed E-state index contributed by atoms with van der Waals surface area (Å²) in [5.41, 5.74) is 1.22. The van der Waals surface area contributed by atoms with Gasteiger partial charge in [-0.05, 0) is 30.3 Å². The predicted octanol–water partition coefficient (Wildman–Crippen LogP) is 3.41. The van der Waals surface area contributed by atoms with E-state index in [-0.39, 0.29) is 22.2 Å². The average Bonchev–Trinajstić information content (AvgIpc) is 3.04. The van der Waals surface area contributed by atoms with Crippen LogP contribution in [0.25, 0.3) is 21.0 Å². The lowest BCUT2D eigenvalue weighted by Gasteiger charge is -2.22. The van der Waals surface area contributed by atoms with Crippen LogP contribution >= 0.6 is 11.3 Å². The number of non-ortho nitro benzene ring substituents is 1. The molecule has 2 amide bonds. The molecule has 0 saturated heterocycles. The molecule has 0 radical (unpaired) electrons. The molecule has 1 aliphatic heterocycles. The van der Waals surface area contributed by atoms with E-state index in [1.165, 1.54) is 23.5 Å². The first-order valence-corrected chi connectivity index (χ1v) is 9.47. The fraction of sp³-hybridized carbons (Fsp3) is 0.0500. The number of nitrogens with zero attached hydrogens (tertiary/aromatic N) is 4. The number of fused-ring (bicyclic) bond motifs is 1. The predicted molar refractivity (Wildman–Crippen MR) is 107 cm³/mol. The number of imide groups is 1. The molecule has 0 unspecified atom stereocenters. The Kier molecular flexibility index (Phi) is 3.62. The summed E-state index contributed by atoms with van der Waals surface area (Å²) < 4.78 is 2.79. The molecule has 29 heavy (non-hydrogen) atoms. The third-order valence-corrected chi connectivity index (χ3v) is 6.06. The number of nitro benzene ring substituents is 1. The van der Waals surface area contributed by atoms with Crippen molar-refractivity contribution in [2.45, 2.75) is 0 Å². The summed E-state index contributed by atoms with van der Waals surface area (Å²) in [6.45, 7) is 0. The number of nitro groups is 1. The second-order valence-electron chi connectivity index (χ2n) is 6.55. The van der Waals surface area contributed by atoms with Crippen LogP contribution in [0.4, 0.5) is 5.69 Å². The van der Waals surface area contributed by atoms with Gasteiger partial charge in [0.1, 0.15) is 0 Å². The first-order valence-electron chi connectivity index (χ1n) is 8.65. The maximum absolute atomic E-state index is 13.1. The van der Waals surface area contributed by atoms with Crippen molar-refractivity contribution >= 4 is 49.8 Å². The van der Waals surface area contributed by atoms with E-state index in [0.29, 0.717) is 10.2 Å². The Balaban J connectivity index is 1.74. The molecular formula is C20H12N4O4S. The summed E-state index contributed by atoms with van der Waals surface area (Å²) in [5, 5.41) is 17.1. The standard InChI is InChI=1S/C20H12N4O4S/c1-22-15-7-2-3-8-16(15)29-20(22)21-23-18(25)12-6-4-5-11-14(24(27)28)10-9-13(17(11)12)19(23)26/h2-10H,1H3/b21-20-. The quantitative estimate of drug-likeness (QED) is 0.290. The van der Waals surface area contributed by atoms with Crippen molar-refractivity contribution in [1.29, 1.82) is 0 Å². The van der Waals surface area contributed by atoms with Crippen molar-refractivity contribution < 1.29 is 14.5 Å². The van der Waals surface area contributed by atoms with Crippen LogP contribution in [-0.2, 0) is 7.05 Å². The Morgan fingerprint density at radius 1 is 0.966 bits per heavy atom. The van der Waals surface area contributed by atoms with Crippen molar-refractivity contribution in [3.63, 3.8) is 0 Å². The number of carbonyl (C=O) groups is 2. The number of thiazole rings is 1. The second-order valence-corrected chi connectivity index (χ2v) is 7.56. The topological polar surface area (TPSA) is 97.8 Å². The minimum atomic E-state index is -0.606. The highest BCUT2D eigenvalue weighted by molar-refractivity contribution is 7.16. The number of aromatic nitrogens is 1. The molecule has 1 aliphatic rings. The van der Waals surface area contributed by atoms with Gasteiger partial charge in [-0.1, -0.05) is 29.5 Å². The van der Waals surface area contributed by atoms with Crippen LogP contribution in [0.2, 0.25) is 0 Å². The highest BCUT2D eigenvalue weighted by atomic mass is 32.1. The van der Waals surface area contributed by atoms with Crippen LogP contribution < -0.4 is 4.80 Å². The first-order chi connectivity index (χ1) is 14.0. The van der Waals surface area contributed by atoms with Crippen molar-refractivity contribution in [1.82, 2.24) is 9.58 Å². The van der Waals surface area contributed by atoms with E-state index < -0.39 is 16.7 Å². The van der Waals surface area contributed by atoms with Crippen LogP contribution in [0.5, 0.6) is 0 Å². The first kappa shape index (κ1) is 17.3. The monoisotopic (exact) mass is 404 g/mol. The summed E-state index contributed by atoms with van der Waals surface area (Å²) in [7, 11) is 1.81. The zero-order valence-corrected chi connectivity index (χ0v) is 15.8. The summed E-state index contributed by atoms with van der Waals surface area (Å²) in [6, 6.07) is 15.0. The lowest BCUT2D eigenvalue weighted by Crippen LogP contribution is -2.38. The van der Waals surface area contributed by atoms with Gasteiger partial charge in [-0.15, -0.1) is 5.10 Å². The van der Waals surface area contributed by atoms with Gasteiger partial charge in [0, 0.05) is 18.5 Å². The molecule has 0 spiro atoms. The van der Waals surface area contributed by atoms with Crippen LogP contribution in [-0.4, -0.2) is 26.3 Å². The van der Waals surface area contributed by atoms with Gasteiger partial charge in [0.05, 0.1) is 31.7 Å². The van der Waals surface area contributed by atoms with E-state index in [2.05, 4.69) is 5.10 Å². The molecule has 4 aromatic rings. The maximum atomic E-state index is 13.1. The summed E-state index contributed by atoms with van der Waals surface area (Å²) in [5.74, 6) is -1.21. The summed E-state index contributed by atoms with van der Waals surface area (Å²) >= 11 is 1.36. The van der Waals surface area contributed by atoms with Gasteiger partial charge in [-0.25, -0.2) is 0 Å². The van der Waals surface area contributed by atoms with Gasteiger partial charge in [-0.2, -0.15) is 5.01 Å². The number of carbonyl (C=O) groups excluding carboxylic acids is 2. The SMILES string of the molecule is Cn1/c(=N/N2C(=O)c3cccc4c([N+](=O)[O-])ccc(c34)C2=O)sc2ccccc21. The Morgan fingerprint density at radius 2 is 1.69 bits per heavy atom. The van der Waals surface area contributed by atoms with Gasteiger partial charge in [0.15, 0.2) is 0 Å². The van der Waals surface area contributed by atoms with E-state index in [1.807, 2.05) is 35.9 Å². The molecule has 0 bridgehead atoms. The number of hydrogen-bond donors (Lipinski definition) is 0. The van der Waals surface area contributed by atoms with Gasteiger partial charge < -0.3 is 4.57 Å². The third kappa shape index (κ3) is 2.41. The van der Waals surface area contributed by atoms with Crippen LogP contribution in [0.15, 0.2) is 59.7 Å². The normalized spacial score (nSPS) is 14.2. The van der Waals surface area contributed by atoms with Crippen LogP contribution in [0.1, 0.15) is 20.7 Å². The van der Waals surface area contributed by atoms with Crippen LogP contribution in [0.3, 0.4) is 0 Å². The summed E-state index contributed by atoms with van der Waals surface area (Å²) in [6.07, 6.45) is 0. The Morgan fingerprint density at radius 3 is 2.41 bits per heavy atom. The number of rotatable bonds is 2. The molecule has 0 N–H and O–H groups in total. The Labute approximate surface area is 167 Å². The molecule has 5 rings (SSSR count). The molecule has 0 aliphatic carbocycles. The van der Waals surface area contributed by atoms with Gasteiger partial charge >= 0.3 is 0 Å². The van der Waals surface area contributed by atoms with Crippen LogP contribution in [0, 0.1) is 10.1 Å². The lowest BCUT2D eigenvalue weighted by molar-refractivity contribution is -0.383. The van der Waals surface area contributed by atoms with E-state index in [1.54, 1.807) is 18.2 Å². The summed E-state index contributed by atoms with van der Waals surface area (Å²) in [4.78, 5) is 37.4. The smallest absolute Gasteiger partial charge is 0.282 e. The van der Waals surface area contributed by atoms with Gasteiger partial charge in [0.2, 0.25) is 4.80 Å². The fourth-order valence-corrected chi connectivity index (χ4v) is 4.59. The molecule has 0 saturated carbocycles. The molecule has 1 aromatic heterocycles. The second kappa shape index (κ2) is 6.08. The molecule has 9 heteroatoms.